The number of hydrogen-bond donors (Lipinski definition) is 0. The number of aryl methyl sites for hydroxylation is 1. The molecule has 0 aromatic carbocycles. The van der Waals surface area contributed by atoms with Crippen LogP contribution < -0.4 is 4.90 Å². The number of hydrogen-bond acceptors (Lipinski definition) is 3. The second-order valence-corrected chi connectivity index (χ2v) is 4.26. The van der Waals surface area contributed by atoms with Gasteiger partial charge in [0.1, 0.15) is 6.54 Å². The number of rotatable bonds is 3. The Bertz CT molecular complexity index is 452. The first-order chi connectivity index (χ1) is 8.04. The van der Waals surface area contributed by atoms with Crippen molar-refractivity contribution in [3.63, 3.8) is 0 Å². The van der Waals surface area contributed by atoms with Crippen molar-refractivity contribution in [1.29, 1.82) is 0 Å². The lowest BCUT2D eigenvalue weighted by atomic mass is 10.3. The lowest BCUT2D eigenvalue weighted by Gasteiger charge is -2.19. The number of nitrogens with zero attached hydrogens (tertiary/aromatic N) is 4. The summed E-state index contributed by atoms with van der Waals surface area (Å²) in [5.41, 5.74) is 0. The third-order valence-electron chi connectivity index (χ3n) is 2.80. The molecule has 1 aliphatic rings. The summed E-state index contributed by atoms with van der Waals surface area (Å²) in [6, 6.07) is 1.42. The number of aromatic nitrogens is 2. The third-order valence-corrected chi connectivity index (χ3v) is 2.80. The zero-order chi connectivity index (χ0) is 12.6. The van der Waals surface area contributed by atoms with Crippen LogP contribution in [0.3, 0.4) is 0 Å². The summed E-state index contributed by atoms with van der Waals surface area (Å²) in [5.74, 6) is 0.190. The van der Waals surface area contributed by atoms with Crippen LogP contribution in [0.2, 0.25) is 0 Å². The maximum Gasteiger partial charge on any atom is 0.333 e. The molecule has 0 aliphatic carbocycles. The Balaban J connectivity index is 2.27. The number of carbonyl (C=O) groups excluding carboxylic acids is 2. The molecule has 0 spiro atoms. The van der Waals surface area contributed by atoms with Crippen LogP contribution in [0.25, 0.3) is 0 Å². The van der Waals surface area contributed by atoms with Gasteiger partial charge in [0, 0.05) is 24.8 Å². The molecule has 6 heteroatoms. The van der Waals surface area contributed by atoms with Gasteiger partial charge >= 0.3 is 6.03 Å². The minimum Gasteiger partial charge on any atom is -0.312 e. The summed E-state index contributed by atoms with van der Waals surface area (Å²) >= 11 is 0. The third kappa shape index (κ3) is 1.90. The normalized spacial score (nSPS) is 16.5. The highest BCUT2D eigenvalue weighted by molar-refractivity contribution is 6.19. The first-order valence-electron chi connectivity index (χ1n) is 5.71. The van der Waals surface area contributed by atoms with E-state index in [0.29, 0.717) is 12.4 Å². The molecule has 0 radical (unpaired) electrons. The van der Waals surface area contributed by atoms with Crippen molar-refractivity contribution in [3.8, 4) is 0 Å². The molecule has 0 N–H and O–H groups in total. The molecule has 0 unspecified atom stereocenters. The summed E-state index contributed by atoms with van der Waals surface area (Å²) in [4.78, 5) is 26.5. The van der Waals surface area contributed by atoms with Gasteiger partial charge in [-0.05, 0) is 20.8 Å². The smallest absolute Gasteiger partial charge is 0.312 e. The van der Waals surface area contributed by atoms with E-state index in [2.05, 4.69) is 5.10 Å². The average Bonchev–Trinajstić information content (AvgIpc) is 2.83. The van der Waals surface area contributed by atoms with Crippen LogP contribution in [0.15, 0.2) is 12.3 Å². The van der Waals surface area contributed by atoms with E-state index in [9.17, 15) is 9.59 Å². The van der Waals surface area contributed by atoms with Crippen LogP contribution >= 0.6 is 0 Å². The van der Waals surface area contributed by atoms with Crippen molar-refractivity contribution in [2.75, 3.05) is 11.4 Å². The van der Waals surface area contributed by atoms with E-state index in [1.165, 1.54) is 4.90 Å². The molecule has 0 saturated carbocycles. The zero-order valence-corrected chi connectivity index (χ0v) is 10.3. The molecule has 1 aromatic heterocycles. The van der Waals surface area contributed by atoms with Gasteiger partial charge in [-0.3, -0.25) is 9.48 Å². The Hall–Kier alpha value is -1.85. The van der Waals surface area contributed by atoms with Crippen molar-refractivity contribution in [1.82, 2.24) is 14.7 Å². The zero-order valence-electron chi connectivity index (χ0n) is 10.3. The average molecular weight is 236 g/mol. The van der Waals surface area contributed by atoms with Crippen LogP contribution in [0.1, 0.15) is 20.8 Å². The first kappa shape index (κ1) is 11.6. The van der Waals surface area contributed by atoms with E-state index in [4.69, 9.17) is 0 Å². The number of amides is 3. The maximum atomic E-state index is 12.0. The van der Waals surface area contributed by atoms with Gasteiger partial charge in [-0.2, -0.15) is 5.10 Å². The predicted molar refractivity (Wildman–Crippen MR) is 62.6 cm³/mol. The molecular weight excluding hydrogens is 220 g/mol. The van der Waals surface area contributed by atoms with Gasteiger partial charge in [-0.15, -0.1) is 0 Å². The van der Waals surface area contributed by atoms with Crippen molar-refractivity contribution in [2.45, 2.75) is 33.4 Å². The lowest BCUT2D eigenvalue weighted by molar-refractivity contribution is -0.116. The Kier molecular flexibility index (Phi) is 2.87. The molecule has 1 saturated heterocycles. The van der Waals surface area contributed by atoms with E-state index in [1.54, 1.807) is 16.9 Å². The Morgan fingerprint density at radius 1 is 1.41 bits per heavy atom. The van der Waals surface area contributed by atoms with Crippen molar-refractivity contribution < 1.29 is 9.59 Å². The lowest BCUT2D eigenvalue weighted by Crippen LogP contribution is -2.36. The van der Waals surface area contributed by atoms with Crippen LogP contribution in [0.4, 0.5) is 10.6 Å². The van der Waals surface area contributed by atoms with Crippen LogP contribution in [0, 0.1) is 0 Å². The van der Waals surface area contributed by atoms with Crippen LogP contribution in [-0.2, 0) is 11.3 Å². The highest BCUT2D eigenvalue weighted by Gasteiger charge is 2.39. The number of imide groups is 1. The van der Waals surface area contributed by atoms with E-state index >= 15 is 0 Å². The SMILES string of the molecule is CCn1ccc(N2C(=O)CN(C(C)C)C2=O)n1. The van der Waals surface area contributed by atoms with Crippen LogP contribution in [-0.4, -0.2) is 39.2 Å². The molecule has 1 aliphatic heterocycles. The number of anilines is 1. The quantitative estimate of drug-likeness (QED) is 0.738. The summed E-state index contributed by atoms with van der Waals surface area (Å²) in [6.07, 6.45) is 1.76. The van der Waals surface area contributed by atoms with E-state index in [0.717, 1.165) is 4.90 Å². The molecule has 0 bridgehead atoms. The van der Waals surface area contributed by atoms with Gasteiger partial charge in [0.25, 0.3) is 5.91 Å². The molecule has 2 rings (SSSR count). The van der Waals surface area contributed by atoms with Gasteiger partial charge < -0.3 is 4.90 Å². The molecule has 17 heavy (non-hydrogen) atoms. The highest BCUT2D eigenvalue weighted by atomic mass is 16.2. The Labute approximate surface area is 99.8 Å². The fourth-order valence-corrected chi connectivity index (χ4v) is 1.79. The van der Waals surface area contributed by atoms with E-state index in [-0.39, 0.29) is 24.5 Å². The van der Waals surface area contributed by atoms with Crippen molar-refractivity contribution in [3.05, 3.63) is 12.3 Å². The second-order valence-electron chi connectivity index (χ2n) is 4.26. The molecule has 2 heterocycles. The minimum absolute atomic E-state index is 0.0183. The molecule has 3 amide bonds. The summed E-state index contributed by atoms with van der Waals surface area (Å²) < 4.78 is 1.69. The second kappa shape index (κ2) is 4.20. The molecule has 0 atom stereocenters. The fourth-order valence-electron chi connectivity index (χ4n) is 1.79. The summed E-state index contributed by atoms with van der Waals surface area (Å²) in [5, 5.41) is 4.18. The maximum absolute atomic E-state index is 12.0. The van der Waals surface area contributed by atoms with Gasteiger partial charge in [0.2, 0.25) is 0 Å². The minimum atomic E-state index is -0.286. The van der Waals surface area contributed by atoms with E-state index < -0.39 is 0 Å². The Morgan fingerprint density at radius 2 is 2.12 bits per heavy atom. The predicted octanol–water partition coefficient (Wildman–Crippen LogP) is 1.08. The van der Waals surface area contributed by atoms with Gasteiger partial charge in [-0.25, -0.2) is 9.69 Å². The number of carbonyl (C=O) groups is 2. The summed E-state index contributed by atoms with van der Waals surface area (Å²) in [6.45, 7) is 6.57. The molecule has 6 nitrogen and oxygen atoms in total. The van der Waals surface area contributed by atoms with Crippen LogP contribution in [0.5, 0.6) is 0 Å². The van der Waals surface area contributed by atoms with Crippen molar-refractivity contribution in [2.24, 2.45) is 0 Å². The topological polar surface area (TPSA) is 58.4 Å². The number of urea groups is 1. The van der Waals surface area contributed by atoms with Gasteiger partial charge in [0.05, 0.1) is 0 Å². The van der Waals surface area contributed by atoms with E-state index in [1.807, 2.05) is 20.8 Å². The molecule has 92 valence electrons. The molecule has 1 fully saturated rings. The largest absolute Gasteiger partial charge is 0.333 e. The van der Waals surface area contributed by atoms with Gasteiger partial charge in [0.15, 0.2) is 5.82 Å². The first-order valence-corrected chi connectivity index (χ1v) is 5.71. The van der Waals surface area contributed by atoms with Crippen molar-refractivity contribution >= 4 is 17.8 Å². The monoisotopic (exact) mass is 236 g/mol. The highest BCUT2D eigenvalue weighted by Crippen LogP contribution is 2.20. The molecule has 1 aromatic rings. The fraction of sp³-hybridized carbons (Fsp3) is 0.545. The standard InChI is InChI=1S/C11H16N4O2/c1-4-13-6-5-9(12-13)15-10(16)7-14(8(2)3)11(15)17/h5-6,8H,4,7H2,1-3H3. The Morgan fingerprint density at radius 3 is 2.59 bits per heavy atom. The summed E-state index contributed by atoms with van der Waals surface area (Å²) in [7, 11) is 0. The molecular formula is C11H16N4O2. The van der Waals surface area contributed by atoms with Gasteiger partial charge in [-0.1, -0.05) is 0 Å².